The molecule has 7 nitrogen and oxygen atoms in total. The third-order valence-electron chi connectivity index (χ3n) is 4.73. The average Bonchev–Trinajstić information content (AvgIpc) is 2.68. The standard InChI is InChI=1S/C21H30N2O5/c1-3-27-18-12-8-7-9-16(18)13-14-19(24)28-15(2)20(25)23-21(26)22-17-10-5-4-6-11-17/h7-9,12,15,17H,3-6,10-11,13-14H2,1-2H3,(H2,22,23,25,26)/t15-/m1/s1. The van der Waals surface area contributed by atoms with Crippen LogP contribution in [0, 0.1) is 0 Å². The van der Waals surface area contributed by atoms with E-state index < -0.39 is 24.0 Å². The third-order valence-corrected chi connectivity index (χ3v) is 4.73. The zero-order valence-electron chi connectivity index (χ0n) is 16.7. The topological polar surface area (TPSA) is 93.7 Å². The molecule has 1 atom stereocenters. The Kier molecular flexibility index (Phi) is 8.78. The quantitative estimate of drug-likeness (QED) is 0.665. The van der Waals surface area contributed by atoms with Crippen LogP contribution >= 0.6 is 0 Å². The number of nitrogens with one attached hydrogen (secondary N) is 2. The number of ether oxygens (including phenoxy) is 2. The SMILES string of the molecule is CCOc1ccccc1CCC(=O)O[C@H](C)C(=O)NC(=O)NC1CCCCC1. The van der Waals surface area contributed by atoms with Gasteiger partial charge in [0.2, 0.25) is 0 Å². The molecule has 1 aromatic rings. The zero-order chi connectivity index (χ0) is 20.4. The molecule has 1 aliphatic carbocycles. The maximum atomic E-state index is 12.1. The van der Waals surface area contributed by atoms with Gasteiger partial charge in [-0.15, -0.1) is 0 Å². The first-order valence-electron chi connectivity index (χ1n) is 10.0. The van der Waals surface area contributed by atoms with E-state index in [0.717, 1.165) is 37.0 Å². The zero-order valence-corrected chi connectivity index (χ0v) is 16.7. The first kappa shape index (κ1) is 21.7. The lowest BCUT2D eigenvalue weighted by Crippen LogP contribution is -2.48. The van der Waals surface area contributed by atoms with Gasteiger partial charge in [-0.3, -0.25) is 14.9 Å². The fraction of sp³-hybridized carbons (Fsp3) is 0.571. The van der Waals surface area contributed by atoms with Crippen molar-refractivity contribution < 1.29 is 23.9 Å². The van der Waals surface area contributed by atoms with E-state index in [0.29, 0.717) is 13.0 Å². The molecule has 7 heteroatoms. The highest BCUT2D eigenvalue weighted by molar-refractivity contribution is 5.97. The van der Waals surface area contributed by atoms with E-state index in [1.54, 1.807) is 0 Å². The highest BCUT2D eigenvalue weighted by Crippen LogP contribution is 2.20. The van der Waals surface area contributed by atoms with Gasteiger partial charge in [-0.2, -0.15) is 0 Å². The van der Waals surface area contributed by atoms with E-state index in [1.165, 1.54) is 13.3 Å². The van der Waals surface area contributed by atoms with Gasteiger partial charge in [0.25, 0.3) is 5.91 Å². The van der Waals surface area contributed by atoms with Crippen molar-refractivity contribution >= 4 is 17.9 Å². The Bertz CT molecular complexity index is 671. The smallest absolute Gasteiger partial charge is 0.321 e. The van der Waals surface area contributed by atoms with Crippen LogP contribution in [0.3, 0.4) is 0 Å². The van der Waals surface area contributed by atoms with Crippen LogP contribution in [0.4, 0.5) is 4.79 Å². The number of urea groups is 1. The Morgan fingerprint density at radius 2 is 1.86 bits per heavy atom. The molecule has 0 unspecified atom stereocenters. The Labute approximate surface area is 166 Å². The van der Waals surface area contributed by atoms with E-state index in [1.807, 2.05) is 31.2 Å². The van der Waals surface area contributed by atoms with Crippen molar-refractivity contribution in [1.82, 2.24) is 10.6 Å². The summed E-state index contributed by atoms with van der Waals surface area (Å²) in [4.78, 5) is 36.1. The van der Waals surface area contributed by atoms with Gasteiger partial charge in [0, 0.05) is 12.5 Å². The van der Waals surface area contributed by atoms with Gasteiger partial charge in [-0.1, -0.05) is 37.5 Å². The molecule has 154 valence electrons. The van der Waals surface area contributed by atoms with E-state index in [9.17, 15) is 14.4 Å². The van der Waals surface area contributed by atoms with Gasteiger partial charge in [0.1, 0.15) is 5.75 Å². The minimum atomic E-state index is -1.04. The molecule has 3 amide bonds. The highest BCUT2D eigenvalue weighted by Gasteiger charge is 2.22. The van der Waals surface area contributed by atoms with Crippen LogP contribution in [-0.2, 0) is 20.7 Å². The summed E-state index contributed by atoms with van der Waals surface area (Å²) in [6.45, 7) is 3.90. The number of aryl methyl sites for hydroxylation is 1. The van der Waals surface area contributed by atoms with Crippen molar-refractivity contribution in [3.63, 3.8) is 0 Å². The predicted molar refractivity (Wildman–Crippen MR) is 105 cm³/mol. The largest absolute Gasteiger partial charge is 0.494 e. The van der Waals surface area contributed by atoms with Gasteiger partial charge in [-0.25, -0.2) is 4.79 Å². The molecule has 28 heavy (non-hydrogen) atoms. The summed E-state index contributed by atoms with van der Waals surface area (Å²) in [6, 6.07) is 7.06. The fourth-order valence-corrected chi connectivity index (χ4v) is 3.23. The van der Waals surface area contributed by atoms with Gasteiger partial charge in [0.05, 0.1) is 6.61 Å². The molecule has 0 spiro atoms. The second-order valence-corrected chi connectivity index (χ2v) is 6.97. The molecule has 2 N–H and O–H groups in total. The van der Waals surface area contributed by atoms with Crippen LogP contribution in [-0.4, -0.2) is 36.7 Å². The number of hydrogen-bond donors (Lipinski definition) is 2. The summed E-state index contributed by atoms with van der Waals surface area (Å²) in [5.41, 5.74) is 0.908. The monoisotopic (exact) mass is 390 g/mol. The van der Waals surface area contributed by atoms with Crippen LogP contribution in [0.15, 0.2) is 24.3 Å². The van der Waals surface area contributed by atoms with Crippen LogP contribution < -0.4 is 15.4 Å². The van der Waals surface area contributed by atoms with Crippen molar-refractivity contribution in [2.24, 2.45) is 0 Å². The number of carbonyl (C=O) groups is 3. The third kappa shape index (κ3) is 7.21. The second kappa shape index (κ2) is 11.3. The van der Waals surface area contributed by atoms with Gasteiger partial charge in [-0.05, 0) is 44.7 Å². The fourth-order valence-electron chi connectivity index (χ4n) is 3.23. The van der Waals surface area contributed by atoms with Gasteiger partial charge in [0.15, 0.2) is 6.10 Å². The summed E-state index contributed by atoms with van der Waals surface area (Å²) >= 11 is 0. The first-order valence-corrected chi connectivity index (χ1v) is 10.0. The van der Waals surface area contributed by atoms with Crippen molar-refractivity contribution in [3.05, 3.63) is 29.8 Å². The molecule has 1 fully saturated rings. The van der Waals surface area contributed by atoms with Crippen molar-refractivity contribution in [3.8, 4) is 5.75 Å². The minimum Gasteiger partial charge on any atom is -0.494 e. The van der Waals surface area contributed by atoms with Crippen LogP contribution in [0.1, 0.15) is 57.9 Å². The van der Waals surface area contributed by atoms with Crippen LogP contribution in [0.25, 0.3) is 0 Å². The number of carbonyl (C=O) groups excluding carboxylic acids is 3. The molecule has 0 radical (unpaired) electrons. The minimum absolute atomic E-state index is 0.102. The Balaban J connectivity index is 1.73. The number of hydrogen-bond acceptors (Lipinski definition) is 5. The summed E-state index contributed by atoms with van der Waals surface area (Å²) in [7, 11) is 0. The number of imide groups is 1. The number of para-hydroxylation sites is 1. The Morgan fingerprint density at radius 1 is 1.14 bits per heavy atom. The number of esters is 1. The van der Waals surface area contributed by atoms with E-state index in [2.05, 4.69) is 10.6 Å². The molecule has 0 aliphatic heterocycles. The molecule has 1 aromatic carbocycles. The van der Waals surface area contributed by atoms with Crippen molar-refractivity contribution in [2.75, 3.05) is 6.61 Å². The molecule has 1 saturated carbocycles. The number of rotatable bonds is 8. The summed E-state index contributed by atoms with van der Waals surface area (Å²) in [6.07, 6.45) is 4.73. The van der Waals surface area contributed by atoms with E-state index in [4.69, 9.17) is 9.47 Å². The second-order valence-electron chi connectivity index (χ2n) is 6.97. The molecule has 2 rings (SSSR count). The Morgan fingerprint density at radius 3 is 2.57 bits per heavy atom. The first-order chi connectivity index (χ1) is 13.5. The summed E-state index contributed by atoms with van der Waals surface area (Å²) in [5.74, 6) is -0.388. The normalized spacial score (nSPS) is 15.4. The predicted octanol–water partition coefficient (Wildman–Crippen LogP) is 3.11. The summed E-state index contributed by atoms with van der Waals surface area (Å²) in [5, 5.41) is 5.04. The Hall–Kier alpha value is -2.57. The number of amides is 3. The number of benzene rings is 1. The maximum Gasteiger partial charge on any atom is 0.321 e. The van der Waals surface area contributed by atoms with Gasteiger partial charge >= 0.3 is 12.0 Å². The average molecular weight is 390 g/mol. The molecular formula is C21H30N2O5. The van der Waals surface area contributed by atoms with Crippen LogP contribution in [0.2, 0.25) is 0 Å². The molecule has 0 saturated heterocycles. The maximum absolute atomic E-state index is 12.1. The lowest BCUT2D eigenvalue weighted by molar-refractivity contribution is -0.154. The molecule has 0 aromatic heterocycles. The van der Waals surface area contributed by atoms with Crippen LogP contribution in [0.5, 0.6) is 5.75 Å². The lowest BCUT2D eigenvalue weighted by atomic mass is 9.96. The van der Waals surface area contributed by atoms with Crippen molar-refractivity contribution in [1.29, 1.82) is 0 Å². The van der Waals surface area contributed by atoms with E-state index in [-0.39, 0.29) is 12.5 Å². The highest BCUT2D eigenvalue weighted by atomic mass is 16.5. The molecule has 1 aliphatic rings. The molecular weight excluding hydrogens is 360 g/mol. The van der Waals surface area contributed by atoms with Gasteiger partial charge < -0.3 is 14.8 Å². The lowest BCUT2D eigenvalue weighted by Gasteiger charge is -2.23. The van der Waals surface area contributed by atoms with Crippen molar-refractivity contribution in [2.45, 2.75) is 70.9 Å². The molecule has 0 heterocycles. The van der Waals surface area contributed by atoms with E-state index >= 15 is 0 Å². The summed E-state index contributed by atoms with van der Waals surface area (Å²) < 4.78 is 10.7. The molecule has 0 bridgehead atoms.